The number of ether oxygens (including phenoxy) is 1. The van der Waals surface area contributed by atoms with Crippen LogP contribution >= 0.6 is 11.6 Å². The predicted octanol–water partition coefficient (Wildman–Crippen LogP) is 3.85. The third kappa shape index (κ3) is 5.89. The number of hydrogen-bond donors (Lipinski definition) is 4. The number of aromatic amines is 1. The van der Waals surface area contributed by atoms with Crippen LogP contribution in [0.25, 0.3) is 10.9 Å². The molecule has 1 saturated carbocycles. The van der Waals surface area contributed by atoms with Crippen molar-refractivity contribution >= 4 is 34.5 Å². The molecule has 1 heterocycles. The highest BCUT2D eigenvalue weighted by Gasteiger charge is 2.32. The first kappa shape index (κ1) is 22.4. The number of nitrogens with one attached hydrogen (secondary N) is 3. The van der Waals surface area contributed by atoms with E-state index in [0.717, 1.165) is 23.7 Å². The van der Waals surface area contributed by atoms with Gasteiger partial charge in [0, 0.05) is 35.1 Å². The molecule has 8 heteroatoms. The standard InChI is InChI=1S/C22H30ClN3O4/c1-22(2,3)30-21(29)26-18-8-13(12-27)4-5-14(18)11-24-20(28)19-10-15-9-16(23)6-7-17(15)25-19/h6-7,9-10,13-14,18,25,27H,4-5,8,11-12H2,1-3H3,(H,24,28)(H,26,29)/t13-,14-,18+/m0/s1. The van der Waals surface area contributed by atoms with Crippen LogP contribution in [0.15, 0.2) is 24.3 Å². The van der Waals surface area contributed by atoms with Gasteiger partial charge in [0.1, 0.15) is 11.3 Å². The minimum atomic E-state index is -0.586. The summed E-state index contributed by atoms with van der Waals surface area (Å²) < 4.78 is 5.38. The van der Waals surface area contributed by atoms with E-state index in [0.29, 0.717) is 23.7 Å². The smallest absolute Gasteiger partial charge is 0.407 e. The van der Waals surface area contributed by atoms with Crippen LogP contribution in [0.1, 0.15) is 50.5 Å². The molecule has 30 heavy (non-hydrogen) atoms. The highest BCUT2D eigenvalue weighted by molar-refractivity contribution is 6.31. The molecule has 0 spiro atoms. The number of alkyl carbamates (subject to hydrolysis) is 1. The fourth-order valence-electron chi connectivity index (χ4n) is 3.91. The van der Waals surface area contributed by atoms with Gasteiger partial charge in [-0.3, -0.25) is 4.79 Å². The van der Waals surface area contributed by atoms with Gasteiger partial charge in [-0.2, -0.15) is 0 Å². The molecule has 2 amide bonds. The van der Waals surface area contributed by atoms with Gasteiger partial charge in [-0.25, -0.2) is 4.79 Å². The van der Waals surface area contributed by atoms with Crippen LogP contribution in [0.3, 0.4) is 0 Å². The van der Waals surface area contributed by atoms with Crippen molar-refractivity contribution in [1.82, 2.24) is 15.6 Å². The third-order valence-electron chi connectivity index (χ3n) is 5.41. The summed E-state index contributed by atoms with van der Waals surface area (Å²) in [5.41, 5.74) is 0.725. The number of aliphatic hydroxyl groups is 1. The normalized spacial score (nSPS) is 22.0. The number of hydrogen-bond acceptors (Lipinski definition) is 4. The second-order valence-corrected chi connectivity index (χ2v) is 9.44. The SMILES string of the molecule is CC(C)(C)OC(=O)N[C@@H]1C[C@@H](CO)CC[C@H]1CNC(=O)c1cc2cc(Cl)ccc2[nH]1. The van der Waals surface area contributed by atoms with Crippen molar-refractivity contribution in [3.05, 3.63) is 35.0 Å². The van der Waals surface area contributed by atoms with Gasteiger partial charge in [0.25, 0.3) is 5.91 Å². The molecule has 1 aliphatic carbocycles. The molecule has 1 fully saturated rings. The number of amides is 2. The van der Waals surface area contributed by atoms with Crippen molar-refractivity contribution in [2.45, 2.75) is 51.7 Å². The van der Waals surface area contributed by atoms with Gasteiger partial charge in [-0.1, -0.05) is 11.6 Å². The van der Waals surface area contributed by atoms with Crippen molar-refractivity contribution in [3.63, 3.8) is 0 Å². The summed E-state index contributed by atoms with van der Waals surface area (Å²) >= 11 is 6.01. The lowest BCUT2D eigenvalue weighted by Gasteiger charge is -2.36. The molecular formula is C22H30ClN3O4. The van der Waals surface area contributed by atoms with Crippen LogP contribution < -0.4 is 10.6 Å². The summed E-state index contributed by atoms with van der Waals surface area (Å²) in [5, 5.41) is 16.9. The monoisotopic (exact) mass is 435 g/mol. The van der Waals surface area contributed by atoms with E-state index >= 15 is 0 Å². The van der Waals surface area contributed by atoms with Gasteiger partial charge in [0.05, 0.1) is 0 Å². The third-order valence-corrected chi connectivity index (χ3v) is 5.65. The van der Waals surface area contributed by atoms with Gasteiger partial charge in [0.15, 0.2) is 0 Å². The number of aromatic nitrogens is 1. The van der Waals surface area contributed by atoms with E-state index in [1.807, 2.05) is 26.8 Å². The fourth-order valence-corrected chi connectivity index (χ4v) is 4.09. The summed E-state index contributed by atoms with van der Waals surface area (Å²) in [6.45, 7) is 5.95. The number of benzene rings is 1. The molecule has 4 N–H and O–H groups in total. The molecule has 2 aromatic rings. The molecule has 0 aliphatic heterocycles. The molecule has 1 aromatic carbocycles. The van der Waals surface area contributed by atoms with E-state index in [1.54, 1.807) is 18.2 Å². The van der Waals surface area contributed by atoms with Crippen molar-refractivity contribution < 1.29 is 19.4 Å². The number of halogens is 1. The molecule has 0 unspecified atom stereocenters. The molecule has 1 aromatic heterocycles. The minimum absolute atomic E-state index is 0.0584. The summed E-state index contributed by atoms with van der Waals surface area (Å²) in [4.78, 5) is 28.0. The van der Waals surface area contributed by atoms with E-state index < -0.39 is 11.7 Å². The lowest BCUT2D eigenvalue weighted by Crippen LogP contribution is -2.49. The highest BCUT2D eigenvalue weighted by Crippen LogP contribution is 2.29. The molecule has 7 nitrogen and oxygen atoms in total. The number of carbonyl (C=O) groups is 2. The van der Waals surface area contributed by atoms with Gasteiger partial charge in [-0.15, -0.1) is 0 Å². The Labute approximate surface area is 181 Å². The number of rotatable bonds is 5. The van der Waals surface area contributed by atoms with Crippen LogP contribution in [0.2, 0.25) is 5.02 Å². The average molecular weight is 436 g/mol. The van der Waals surface area contributed by atoms with Gasteiger partial charge < -0.3 is 25.5 Å². The van der Waals surface area contributed by atoms with Gasteiger partial charge in [-0.05, 0) is 76.1 Å². The van der Waals surface area contributed by atoms with E-state index in [2.05, 4.69) is 15.6 Å². The van der Waals surface area contributed by atoms with Crippen molar-refractivity contribution in [3.8, 4) is 0 Å². The molecule has 0 radical (unpaired) electrons. The molecule has 0 saturated heterocycles. The predicted molar refractivity (Wildman–Crippen MR) is 117 cm³/mol. The van der Waals surface area contributed by atoms with Gasteiger partial charge >= 0.3 is 6.09 Å². The maximum Gasteiger partial charge on any atom is 0.407 e. The van der Waals surface area contributed by atoms with E-state index in [9.17, 15) is 14.7 Å². The number of carbonyl (C=O) groups excluding carboxylic acids is 2. The summed E-state index contributed by atoms with van der Waals surface area (Å²) in [6, 6.07) is 7.02. The second-order valence-electron chi connectivity index (χ2n) is 9.00. The summed E-state index contributed by atoms with van der Waals surface area (Å²) in [5.74, 6) is -0.0129. The van der Waals surface area contributed by atoms with Crippen molar-refractivity contribution in [1.29, 1.82) is 0 Å². The Hall–Kier alpha value is -2.25. The van der Waals surface area contributed by atoms with Gasteiger partial charge in [0.2, 0.25) is 0 Å². The Kier molecular flexibility index (Phi) is 6.93. The first-order valence-corrected chi connectivity index (χ1v) is 10.7. The Bertz CT molecular complexity index is 905. The Morgan fingerprint density at radius 2 is 2.03 bits per heavy atom. The lowest BCUT2D eigenvalue weighted by atomic mass is 9.78. The van der Waals surface area contributed by atoms with Crippen molar-refractivity contribution in [2.24, 2.45) is 11.8 Å². The van der Waals surface area contributed by atoms with Crippen LogP contribution in [-0.2, 0) is 4.74 Å². The second kappa shape index (κ2) is 9.27. The number of fused-ring (bicyclic) bond motifs is 1. The number of H-pyrrole nitrogens is 1. The zero-order valence-electron chi connectivity index (χ0n) is 17.6. The van der Waals surface area contributed by atoms with E-state index in [1.165, 1.54) is 0 Å². The molecule has 0 bridgehead atoms. The summed E-state index contributed by atoms with van der Waals surface area (Å²) in [6.07, 6.45) is 1.83. The Morgan fingerprint density at radius 3 is 2.73 bits per heavy atom. The zero-order chi connectivity index (χ0) is 21.9. The zero-order valence-corrected chi connectivity index (χ0v) is 18.4. The number of aliphatic hydroxyl groups excluding tert-OH is 1. The molecular weight excluding hydrogens is 406 g/mol. The topological polar surface area (TPSA) is 103 Å². The molecule has 3 rings (SSSR count). The largest absolute Gasteiger partial charge is 0.444 e. The van der Waals surface area contributed by atoms with Crippen LogP contribution in [0.4, 0.5) is 4.79 Å². The molecule has 1 aliphatic rings. The van der Waals surface area contributed by atoms with Crippen LogP contribution in [0, 0.1) is 11.8 Å². The van der Waals surface area contributed by atoms with Crippen molar-refractivity contribution in [2.75, 3.05) is 13.2 Å². The van der Waals surface area contributed by atoms with E-state index in [4.69, 9.17) is 16.3 Å². The van der Waals surface area contributed by atoms with Crippen LogP contribution in [-0.4, -0.2) is 46.9 Å². The Balaban J connectivity index is 1.63. The van der Waals surface area contributed by atoms with Crippen LogP contribution in [0.5, 0.6) is 0 Å². The maximum absolute atomic E-state index is 12.7. The fraction of sp³-hybridized carbons (Fsp3) is 0.545. The molecule has 164 valence electrons. The highest BCUT2D eigenvalue weighted by atomic mass is 35.5. The lowest BCUT2D eigenvalue weighted by molar-refractivity contribution is 0.0436. The molecule has 3 atom stereocenters. The average Bonchev–Trinajstić information content (AvgIpc) is 3.08. The first-order valence-electron chi connectivity index (χ1n) is 10.3. The quantitative estimate of drug-likeness (QED) is 0.572. The minimum Gasteiger partial charge on any atom is -0.444 e. The maximum atomic E-state index is 12.7. The Morgan fingerprint density at radius 1 is 1.27 bits per heavy atom. The van der Waals surface area contributed by atoms with E-state index in [-0.39, 0.29) is 30.4 Å². The summed E-state index contributed by atoms with van der Waals surface area (Å²) in [7, 11) is 0. The first-order chi connectivity index (χ1) is 14.1.